The quantitative estimate of drug-likeness (QED) is 0.746. The highest BCUT2D eigenvalue weighted by molar-refractivity contribution is 5.85. The van der Waals surface area contributed by atoms with E-state index in [1.165, 1.54) is 0 Å². The minimum Gasteiger partial charge on any atom is -0.356 e. The lowest BCUT2D eigenvalue weighted by atomic mass is 9.85. The number of nitrogens with two attached hydrogens (primary N) is 1. The predicted octanol–water partition coefficient (Wildman–Crippen LogP) is 1.05. The average molecular weight is 304 g/mol. The molecule has 3 N–H and O–H groups in total. The van der Waals surface area contributed by atoms with Crippen LogP contribution in [-0.4, -0.2) is 42.4 Å². The number of likely N-dealkylation sites (tertiary alicyclic amines) is 1. The first-order chi connectivity index (χ1) is 9.16. The summed E-state index contributed by atoms with van der Waals surface area (Å²) in [6, 6.07) is 0.187. The van der Waals surface area contributed by atoms with E-state index in [-0.39, 0.29) is 36.2 Å². The van der Waals surface area contributed by atoms with Crippen molar-refractivity contribution in [3.05, 3.63) is 0 Å². The number of nitrogens with zero attached hydrogens (tertiary/aromatic N) is 1. The molecule has 1 aliphatic carbocycles. The summed E-state index contributed by atoms with van der Waals surface area (Å²) in [4.78, 5) is 25.3. The molecule has 2 fully saturated rings. The molecular formula is C14H26ClN3O2. The number of nitrogens with one attached hydrogen (secondary N) is 1. The lowest BCUT2D eigenvalue weighted by Gasteiger charge is -2.25. The smallest absolute Gasteiger partial charge is 0.223 e. The molecule has 6 heteroatoms. The number of rotatable bonds is 5. The van der Waals surface area contributed by atoms with E-state index in [9.17, 15) is 9.59 Å². The molecule has 1 saturated heterocycles. The molecule has 2 unspecified atom stereocenters. The summed E-state index contributed by atoms with van der Waals surface area (Å²) >= 11 is 0. The summed E-state index contributed by atoms with van der Waals surface area (Å²) in [5.41, 5.74) is 5.89. The number of amides is 2. The Balaban J connectivity index is 0.00000200. The molecule has 1 saturated carbocycles. The molecule has 2 amide bonds. The van der Waals surface area contributed by atoms with Crippen LogP contribution < -0.4 is 11.1 Å². The van der Waals surface area contributed by atoms with E-state index < -0.39 is 0 Å². The molecule has 1 heterocycles. The molecule has 0 aromatic heterocycles. The van der Waals surface area contributed by atoms with Crippen molar-refractivity contribution in [2.45, 2.75) is 51.0 Å². The van der Waals surface area contributed by atoms with Crippen molar-refractivity contribution in [3.63, 3.8) is 0 Å². The lowest BCUT2D eigenvalue weighted by Crippen LogP contribution is -2.38. The summed E-state index contributed by atoms with van der Waals surface area (Å²) in [6.45, 7) is 2.31. The van der Waals surface area contributed by atoms with Crippen molar-refractivity contribution in [2.75, 3.05) is 19.6 Å². The summed E-state index contributed by atoms with van der Waals surface area (Å²) in [5.74, 6) is 0.490. The number of halogens is 1. The van der Waals surface area contributed by atoms with Gasteiger partial charge in [-0.25, -0.2) is 0 Å². The number of hydrogen-bond acceptors (Lipinski definition) is 3. The standard InChI is InChI=1S/C14H25N3O2.ClH/c15-12-5-1-4-11(10-12)14(19)16-7-3-9-17-8-2-6-13(17)18;/h11-12H,1-10,15H2,(H,16,19);1H. The van der Waals surface area contributed by atoms with Gasteiger partial charge in [0.25, 0.3) is 0 Å². The molecule has 0 aromatic carbocycles. The Morgan fingerprint density at radius 3 is 2.80 bits per heavy atom. The van der Waals surface area contributed by atoms with E-state index in [4.69, 9.17) is 5.73 Å². The second-order valence-electron chi connectivity index (χ2n) is 5.75. The minimum absolute atomic E-state index is 0. The van der Waals surface area contributed by atoms with Crippen LogP contribution in [0.4, 0.5) is 0 Å². The van der Waals surface area contributed by atoms with Crippen LogP contribution in [0.1, 0.15) is 44.9 Å². The van der Waals surface area contributed by atoms with E-state index in [0.29, 0.717) is 13.0 Å². The predicted molar refractivity (Wildman–Crippen MR) is 80.6 cm³/mol. The fourth-order valence-electron chi connectivity index (χ4n) is 3.03. The third kappa shape index (κ3) is 4.94. The van der Waals surface area contributed by atoms with Gasteiger partial charge in [-0.05, 0) is 32.1 Å². The zero-order valence-corrected chi connectivity index (χ0v) is 12.8. The molecule has 2 atom stereocenters. The Hall–Kier alpha value is -0.810. The monoisotopic (exact) mass is 303 g/mol. The topological polar surface area (TPSA) is 75.4 Å². The van der Waals surface area contributed by atoms with E-state index in [1.807, 2.05) is 4.90 Å². The van der Waals surface area contributed by atoms with Crippen molar-refractivity contribution in [2.24, 2.45) is 11.7 Å². The third-order valence-corrected chi connectivity index (χ3v) is 4.16. The fourth-order valence-corrected chi connectivity index (χ4v) is 3.03. The fraction of sp³-hybridized carbons (Fsp3) is 0.857. The Bertz CT molecular complexity index is 338. The Morgan fingerprint density at radius 1 is 1.35 bits per heavy atom. The highest BCUT2D eigenvalue weighted by atomic mass is 35.5. The summed E-state index contributed by atoms with van der Waals surface area (Å²) in [5, 5.41) is 2.98. The second-order valence-corrected chi connectivity index (χ2v) is 5.75. The lowest BCUT2D eigenvalue weighted by molar-refractivity contribution is -0.127. The highest BCUT2D eigenvalue weighted by Crippen LogP contribution is 2.23. The van der Waals surface area contributed by atoms with Crippen LogP contribution in [0.5, 0.6) is 0 Å². The first kappa shape index (κ1) is 17.2. The Morgan fingerprint density at radius 2 is 2.15 bits per heavy atom. The maximum absolute atomic E-state index is 12.0. The first-order valence-corrected chi connectivity index (χ1v) is 7.48. The number of hydrogen-bond donors (Lipinski definition) is 2. The van der Waals surface area contributed by atoms with Gasteiger partial charge in [0, 0.05) is 38.0 Å². The molecule has 0 radical (unpaired) electrons. The van der Waals surface area contributed by atoms with Gasteiger partial charge in [-0.1, -0.05) is 6.42 Å². The van der Waals surface area contributed by atoms with Crippen LogP contribution in [-0.2, 0) is 9.59 Å². The van der Waals surface area contributed by atoms with Crippen LogP contribution in [0.3, 0.4) is 0 Å². The van der Waals surface area contributed by atoms with Gasteiger partial charge in [-0.15, -0.1) is 12.4 Å². The SMILES string of the molecule is Cl.NC1CCCC(C(=O)NCCCN2CCCC2=O)C1. The molecule has 5 nitrogen and oxygen atoms in total. The summed E-state index contributed by atoms with van der Waals surface area (Å²) in [6.07, 6.45) is 6.39. The van der Waals surface area contributed by atoms with E-state index in [2.05, 4.69) is 5.32 Å². The van der Waals surface area contributed by atoms with Gasteiger partial charge in [0.2, 0.25) is 11.8 Å². The molecule has 0 spiro atoms. The van der Waals surface area contributed by atoms with Crippen molar-refractivity contribution in [1.29, 1.82) is 0 Å². The van der Waals surface area contributed by atoms with Crippen LogP contribution in [0.2, 0.25) is 0 Å². The van der Waals surface area contributed by atoms with Crippen LogP contribution in [0.25, 0.3) is 0 Å². The zero-order chi connectivity index (χ0) is 13.7. The largest absolute Gasteiger partial charge is 0.356 e. The molecule has 0 aromatic rings. The average Bonchev–Trinajstić information content (AvgIpc) is 2.80. The van der Waals surface area contributed by atoms with Gasteiger partial charge in [0.05, 0.1) is 0 Å². The van der Waals surface area contributed by atoms with Gasteiger partial charge < -0.3 is 16.0 Å². The van der Waals surface area contributed by atoms with Crippen molar-refractivity contribution < 1.29 is 9.59 Å². The molecule has 116 valence electrons. The molecule has 1 aliphatic heterocycles. The normalized spacial score (nSPS) is 26.2. The Kier molecular flexibility index (Phi) is 7.30. The molecular weight excluding hydrogens is 278 g/mol. The van der Waals surface area contributed by atoms with Gasteiger partial charge >= 0.3 is 0 Å². The minimum atomic E-state index is 0. The zero-order valence-electron chi connectivity index (χ0n) is 12.0. The van der Waals surface area contributed by atoms with E-state index in [0.717, 1.165) is 51.6 Å². The first-order valence-electron chi connectivity index (χ1n) is 7.48. The van der Waals surface area contributed by atoms with Crippen molar-refractivity contribution in [1.82, 2.24) is 10.2 Å². The molecule has 2 rings (SSSR count). The highest BCUT2D eigenvalue weighted by Gasteiger charge is 2.25. The van der Waals surface area contributed by atoms with Crippen molar-refractivity contribution >= 4 is 24.2 Å². The summed E-state index contributed by atoms with van der Waals surface area (Å²) in [7, 11) is 0. The van der Waals surface area contributed by atoms with Crippen LogP contribution >= 0.6 is 12.4 Å². The van der Waals surface area contributed by atoms with E-state index >= 15 is 0 Å². The van der Waals surface area contributed by atoms with Gasteiger partial charge in [-0.3, -0.25) is 9.59 Å². The maximum Gasteiger partial charge on any atom is 0.223 e. The second kappa shape index (κ2) is 8.47. The number of carbonyl (C=O) groups is 2. The summed E-state index contributed by atoms with van der Waals surface area (Å²) < 4.78 is 0. The van der Waals surface area contributed by atoms with Crippen LogP contribution in [0.15, 0.2) is 0 Å². The van der Waals surface area contributed by atoms with Gasteiger partial charge in [0.15, 0.2) is 0 Å². The molecule has 20 heavy (non-hydrogen) atoms. The molecule has 0 bridgehead atoms. The maximum atomic E-state index is 12.0. The van der Waals surface area contributed by atoms with Crippen molar-refractivity contribution in [3.8, 4) is 0 Å². The van der Waals surface area contributed by atoms with E-state index in [1.54, 1.807) is 0 Å². The Labute approximate surface area is 127 Å². The number of carbonyl (C=O) groups excluding carboxylic acids is 2. The molecule has 2 aliphatic rings. The van der Waals surface area contributed by atoms with Gasteiger partial charge in [-0.2, -0.15) is 0 Å². The van der Waals surface area contributed by atoms with Gasteiger partial charge in [0.1, 0.15) is 0 Å². The third-order valence-electron chi connectivity index (χ3n) is 4.16. The van der Waals surface area contributed by atoms with Crippen LogP contribution in [0, 0.1) is 5.92 Å².